The number of carbonyl (C=O) groups is 1. The van der Waals surface area contributed by atoms with Crippen molar-refractivity contribution >= 4 is 37.5 Å². The number of nitrogens with one attached hydrogen (secondary N) is 1. The molecule has 1 heterocycles. The van der Waals surface area contributed by atoms with E-state index in [1.807, 2.05) is 19.1 Å². The molecule has 8 heteroatoms. The van der Waals surface area contributed by atoms with Crippen LogP contribution in [-0.2, 0) is 16.6 Å². The molecule has 0 unspecified atom stereocenters. The first-order valence-electron chi connectivity index (χ1n) is 8.44. The number of halogens is 1. The van der Waals surface area contributed by atoms with Gasteiger partial charge in [0.05, 0.1) is 11.4 Å². The third-order valence-electron chi connectivity index (χ3n) is 4.02. The molecule has 28 heavy (non-hydrogen) atoms. The molecule has 0 fully saturated rings. The number of amides is 1. The van der Waals surface area contributed by atoms with Crippen molar-refractivity contribution < 1.29 is 17.6 Å². The highest BCUT2D eigenvalue weighted by atomic mass is 79.9. The molecule has 0 aliphatic heterocycles. The Hall–Kier alpha value is -2.58. The van der Waals surface area contributed by atoms with Crippen molar-refractivity contribution in [2.45, 2.75) is 18.4 Å². The maximum Gasteiger partial charge on any atom is 0.261 e. The molecule has 0 spiro atoms. The van der Waals surface area contributed by atoms with E-state index >= 15 is 0 Å². The largest absolute Gasteiger partial charge is 0.464 e. The summed E-state index contributed by atoms with van der Waals surface area (Å²) in [5.74, 6) is 1.13. The average molecular weight is 463 g/mol. The van der Waals surface area contributed by atoms with Crippen molar-refractivity contribution in [1.82, 2.24) is 4.90 Å². The molecular formula is C20H19BrN2O4S. The van der Waals surface area contributed by atoms with Gasteiger partial charge in [-0.2, -0.15) is 0 Å². The van der Waals surface area contributed by atoms with Gasteiger partial charge in [-0.3, -0.25) is 9.52 Å². The van der Waals surface area contributed by atoms with Crippen molar-refractivity contribution in [3.63, 3.8) is 0 Å². The molecular weight excluding hydrogens is 444 g/mol. The standard InChI is InChI=1S/C20H19BrN2O4S/c1-14-6-11-18(27-14)13-23(2)20(24)15-4-3-5-19(12-15)28(25,26)22-17-9-7-16(21)8-10-17/h3-12,22H,13H2,1-2H3. The Bertz CT molecular complexity index is 1090. The van der Waals surface area contributed by atoms with Crippen LogP contribution >= 0.6 is 15.9 Å². The molecule has 1 aromatic heterocycles. The molecule has 0 bridgehead atoms. The Morgan fingerprint density at radius 1 is 1.11 bits per heavy atom. The maximum atomic E-state index is 12.7. The minimum Gasteiger partial charge on any atom is -0.464 e. The highest BCUT2D eigenvalue weighted by Gasteiger charge is 2.19. The zero-order valence-corrected chi connectivity index (χ0v) is 17.7. The van der Waals surface area contributed by atoms with Gasteiger partial charge in [0, 0.05) is 22.8 Å². The molecule has 146 valence electrons. The Kier molecular flexibility index (Phi) is 5.90. The van der Waals surface area contributed by atoms with Gasteiger partial charge in [-0.25, -0.2) is 8.42 Å². The van der Waals surface area contributed by atoms with Gasteiger partial charge in [0.25, 0.3) is 15.9 Å². The van der Waals surface area contributed by atoms with Crippen LogP contribution in [0.1, 0.15) is 21.9 Å². The van der Waals surface area contributed by atoms with Crippen LogP contribution < -0.4 is 4.72 Å². The van der Waals surface area contributed by atoms with Gasteiger partial charge in [0.2, 0.25) is 0 Å². The van der Waals surface area contributed by atoms with Crippen molar-refractivity contribution in [2.24, 2.45) is 0 Å². The SMILES string of the molecule is Cc1ccc(CN(C)C(=O)c2cccc(S(=O)(=O)Nc3ccc(Br)cc3)c2)o1. The summed E-state index contributed by atoms with van der Waals surface area (Å²) in [5.41, 5.74) is 0.717. The number of benzene rings is 2. The number of nitrogens with zero attached hydrogens (tertiary/aromatic N) is 1. The maximum absolute atomic E-state index is 12.7. The zero-order valence-electron chi connectivity index (χ0n) is 15.3. The fourth-order valence-electron chi connectivity index (χ4n) is 2.62. The summed E-state index contributed by atoms with van der Waals surface area (Å²) >= 11 is 3.31. The molecule has 3 rings (SSSR count). The molecule has 0 radical (unpaired) electrons. The Labute approximate surface area is 172 Å². The molecule has 0 saturated heterocycles. The number of hydrogen-bond acceptors (Lipinski definition) is 4. The van der Waals surface area contributed by atoms with Gasteiger partial charge in [0.1, 0.15) is 11.5 Å². The molecule has 0 saturated carbocycles. The van der Waals surface area contributed by atoms with Crippen LogP contribution in [0.4, 0.5) is 5.69 Å². The molecule has 1 amide bonds. The first-order chi connectivity index (χ1) is 13.2. The topological polar surface area (TPSA) is 79.6 Å². The number of hydrogen-bond donors (Lipinski definition) is 1. The summed E-state index contributed by atoms with van der Waals surface area (Å²) in [6.07, 6.45) is 0. The van der Waals surface area contributed by atoms with E-state index in [0.717, 1.165) is 10.2 Å². The Morgan fingerprint density at radius 3 is 2.46 bits per heavy atom. The van der Waals surface area contributed by atoms with Gasteiger partial charge >= 0.3 is 0 Å². The minimum absolute atomic E-state index is 0.0171. The van der Waals surface area contributed by atoms with Gasteiger partial charge in [-0.15, -0.1) is 0 Å². The van der Waals surface area contributed by atoms with Crippen molar-refractivity contribution in [3.05, 3.63) is 82.2 Å². The fourth-order valence-corrected chi connectivity index (χ4v) is 3.99. The molecule has 1 N–H and O–H groups in total. The predicted octanol–water partition coefficient (Wildman–Crippen LogP) is 4.42. The second kappa shape index (κ2) is 8.20. The number of furan rings is 1. The van der Waals surface area contributed by atoms with Crippen LogP contribution in [0.25, 0.3) is 0 Å². The van der Waals surface area contributed by atoms with Crippen LogP contribution in [0.2, 0.25) is 0 Å². The summed E-state index contributed by atoms with van der Waals surface area (Å²) in [5, 5.41) is 0. The van der Waals surface area contributed by atoms with Crippen LogP contribution in [0, 0.1) is 6.92 Å². The number of carbonyl (C=O) groups excluding carboxylic acids is 1. The number of anilines is 1. The first-order valence-corrected chi connectivity index (χ1v) is 10.7. The van der Waals surface area contributed by atoms with E-state index in [1.54, 1.807) is 43.4 Å². The van der Waals surface area contributed by atoms with Crippen molar-refractivity contribution in [2.75, 3.05) is 11.8 Å². The number of rotatable bonds is 6. The van der Waals surface area contributed by atoms with E-state index in [2.05, 4.69) is 20.7 Å². The summed E-state index contributed by atoms with van der Waals surface area (Å²) in [7, 11) is -2.18. The Balaban J connectivity index is 1.78. The lowest BCUT2D eigenvalue weighted by molar-refractivity contribution is 0.0774. The van der Waals surface area contributed by atoms with Gasteiger partial charge in [-0.1, -0.05) is 22.0 Å². The smallest absolute Gasteiger partial charge is 0.261 e. The van der Waals surface area contributed by atoms with Gasteiger partial charge < -0.3 is 9.32 Å². The highest BCUT2D eigenvalue weighted by molar-refractivity contribution is 9.10. The third kappa shape index (κ3) is 4.82. The lowest BCUT2D eigenvalue weighted by Crippen LogP contribution is -2.26. The number of aryl methyl sites for hydroxylation is 1. The van der Waals surface area contributed by atoms with Gasteiger partial charge in [-0.05, 0) is 61.5 Å². The Morgan fingerprint density at radius 2 is 1.82 bits per heavy atom. The van der Waals surface area contributed by atoms with E-state index in [4.69, 9.17) is 4.42 Å². The van der Waals surface area contributed by atoms with Crippen molar-refractivity contribution in [3.8, 4) is 0 Å². The van der Waals surface area contributed by atoms with E-state index in [0.29, 0.717) is 18.0 Å². The van der Waals surface area contributed by atoms with Crippen LogP contribution in [0.15, 0.2) is 74.4 Å². The van der Waals surface area contributed by atoms with Crippen LogP contribution in [-0.4, -0.2) is 26.3 Å². The van der Waals surface area contributed by atoms with E-state index < -0.39 is 10.0 Å². The minimum atomic E-state index is -3.82. The third-order valence-corrected chi connectivity index (χ3v) is 5.93. The highest BCUT2D eigenvalue weighted by Crippen LogP contribution is 2.20. The summed E-state index contributed by atoms with van der Waals surface area (Å²) in [6, 6.07) is 16.4. The number of sulfonamides is 1. The van der Waals surface area contributed by atoms with Crippen LogP contribution in [0.3, 0.4) is 0 Å². The fraction of sp³-hybridized carbons (Fsp3) is 0.150. The average Bonchev–Trinajstić information content (AvgIpc) is 3.07. The lowest BCUT2D eigenvalue weighted by atomic mass is 10.2. The molecule has 0 aliphatic carbocycles. The second-order valence-electron chi connectivity index (χ2n) is 6.31. The predicted molar refractivity (Wildman–Crippen MR) is 111 cm³/mol. The molecule has 0 atom stereocenters. The van der Waals surface area contributed by atoms with Gasteiger partial charge in [0.15, 0.2) is 0 Å². The molecule has 2 aromatic carbocycles. The normalized spacial score (nSPS) is 11.2. The van der Waals surface area contributed by atoms with E-state index in [9.17, 15) is 13.2 Å². The van der Waals surface area contributed by atoms with E-state index in [-0.39, 0.29) is 16.4 Å². The molecule has 3 aromatic rings. The summed E-state index contributed by atoms with van der Waals surface area (Å²) in [6.45, 7) is 2.12. The monoisotopic (exact) mass is 462 g/mol. The summed E-state index contributed by atoms with van der Waals surface area (Å²) < 4.78 is 34.2. The van der Waals surface area contributed by atoms with Crippen molar-refractivity contribution in [1.29, 1.82) is 0 Å². The lowest BCUT2D eigenvalue weighted by Gasteiger charge is -2.16. The van der Waals surface area contributed by atoms with E-state index in [1.165, 1.54) is 17.0 Å². The molecule has 0 aliphatic rings. The summed E-state index contributed by atoms with van der Waals surface area (Å²) in [4.78, 5) is 14.2. The zero-order chi connectivity index (χ0) is 20.3. The second-order valence-corrected chi connectivity index (χ2v) is 8.91. The quantitative estimate of drug-likeness (QED) is 0.587. The van der Waals surface area contributed by atoms with Crippen LogP contribution in [0.5, 0.6) is 0 Å². The first kappa shape index (κ1) is 20.2. The molecule has 6 nitrogen and oxygen atoms in total.